The average Bonchev–Trinajstić information content (AvgIpc) is 2.95. The van der Waals surface area contributed by atoms with Crippen molar-refractivity contribution in [1.29, 1.82) is 0 Å². The monoisotopic (exact) mass is 541 g/mol. The first-order valence-electron chi connectivity index (χ1n) is 13.8. The van der Waals surface area contributed by atoms with Gasteiger partial charge in [-0.2, -0.15) is 9.78 Å². The number of benzene rings is 2. The van der Waals surface area contributed by atoms with Crippen LogP contribution >= 0.6 is 11.6 Å². The number of aryl methyl sites for hydroxylation is 2. The number of fused-ring (bicyclic) bond motifs is 2. The summed E-state index contributed by atoms with van der Waals surface area (Å²) >= 11 is 6.32. The molecule has 1 amide bonds. The van der Waals surface area contributed by atoms with Gasteiger partial charge in [0.2, 0.25) is 0 Å². The van der Waals surface area contributed by atoms with Crippen molar-refractivity contribution in [1.82, 2.24) is 25.0 Å². The van der Waals surface area contributed by atoms with Gasteiger partial charge in [0, 0.05) is 18.1 Å². The first kappa shape index (κ1) is 25.7. The third kappa shape index (κ3) is 5.21. The molecule has 6 rings (SSSR count). The summed E-state index contributed by atoms with van der Waals surface area (Å²) in [6.45, 7) is 5.20. The number of pyridine rings is 1. The minimum absolute atomic E-state index is 0.0282. The second-order valence-corrected chi connectivity index (χ2v) is 11.1. The van der Waals surface area contributed by atoms with E-state index in [0.717, 1.165) is 25.8 Å². The first-order chi connectivity index (χ1) is 19.0. The molecule has 2 aromatic carbocycles. The number of rotatable bonds is 5. The Morgan fingerprint density at radius 2 is 1.92 bits per heavy atom. The van der Waals surface area contributed by atoms with Gasteiger partial charge in [0.05, 0.1) is 27.7 Å². The number of hydrogen-bond acceptors (Lipinski definition) is 5. The van der Waals surface area contributed by atoms with E-state index in [0.29, 0.717) is 32.9 Å². The van der Waals surface area contributed by atoms with Gasteiger partial charge in [-0.15, -0.1) is 0 Å². The number of amides is 1. The fourth-order valence-corrected chi connectivity index (χ4v) is 6.19. The standard InChI is InChI=1S/C31H32ClN5O2/c1-20-24-8-6-9-26(32)29(24)31(39)37(35-20)28-14-12-23(18-33-28)30(38)34-27-10-5-7-22-17-21(11-13-25(22)27)19-36-15-3-2-4-16-36/h6,8-9,11-14,17-18,27H,2-5,7,10,15-16,19H2,1H3,(H,34,38). The van der Waals surface area contributed by atoms with Crippen molar-refractivity contribution < 1.29 is 4.79 Å². The smallest absolute Gasteiger partial charge is 0.282 e. The van der Waals surface area contributed by atoms with Gasteiger partial charge in [0.1, 0.15) is 0 Å². The van der Waals surface area contributed by atoms with E-state index in [4.69, 9.17) is 11.6 Å². The van der Waals surface area contributed by atoms with E-state index in [1.165, 1.54) is 59.9 Å². The molecule has 1 aliphatic carbocycles. The summed E-state index contributed by atoms with van der Waals surface area (Å²) in [5.41, 5.74) is 4.67. The predicted molar refractivity (Wildman–Crippen MR) is 154 cm³/mol. The summed E-state index contributed by atoms with van der Waals surface area (Å²) in [4.78, 5) is 33.3. The van der Waals surface area contributed by atoms with Crippen LogP contribution in [0.2, 0.25) is 5.02 Å². The number of carbonyl (C=O) groups is 1. The van der Waals surface area contributed by atoms with E-state index in [-0.39, 0.29) is 17.5 Å². The van der Waals surface area contributed by atoms with Crippen molar-refractivity contribution in [3.05, 3.63) is 98.1 Å². The number of hydrogen-bond donors (Lipinski definition) is 1. The molecule has 0 saturated carbocycles. The first-order valence-corrected chi connectivity index (χ1v) is 14.2. The Kier molecular flexibility index (Phi) is 7.19. The van der Waals surface area contributed by atoms with Crippen LogP contribution in [-0.4, -0.2) is 38.7 Å². The highest BCUT2D eigenvalue weighted by Gasteiger charge is 2.23. The second-order valence-electron chi connectivity index (χ2n) is 10.7. The highest BCUT2D eigenvalue weighted by atomic mass is 35.5. The van der Waals surface area contributed by atoms with Crippen molar-refractivity contribution in [3.63, 3.8) is 0 Å². The molecule has 1 saturated heterocycles. The Morgan fingerprint density at radius 3 is 2.72 bits per heavy atom. The molecular formula is C31H32ClN5O2. The lowest BCUT2D eigenvalue weighted by Crippen LogP contribution is -2.31. The van der Waals surface area contributed by atoms with E-state index >= 15 is 0 Å². The molecule has 1 unspecified atom stereocenters. The van der Waals surface area contributed by atoms with Gasteiger partial charge in [-0.25, -0.2) is 4.98 Å². The van der Waals surface area contributed by atoms with Crippen LogP contribution in [-0.2, 0) is 13.0 Å². The van der Waals surface area contributed by atoms with Crippen molar-refractivity contribution in [2.24, 2.45) is 0 Å². The van der Waals surface area contributed by atoms with E-state index < -0.39 is 0 Å². The van der Waals surface area contributed by atoms with E-state index in [2.05, 4.69) is 38.5 Å². The van der Waals surface area contributed by atoms with Crippen molar-refractivity contribution in [2.45, 2.75) is 58.0 Å². The van der Waals surface area contributed by atoms with E-state index in [1.807, 2.05) is 13.0 Å². The largest absolute Gasteiger partial charge is 0.345 e. The maximum absolute atomic E-state index is 13.2. The predicted octanol–water partition coefficient (Wildman–Crippen LogP) is 5.54. The van der Waals surface area contributed by atoms with E-state index in [1.54, 1.807) is 24.3 Å². The number of piperidine rings is 1. The molecule has 1 aliphatic heterocycles. The topological polar surface area (TPSA) is 80.1 Å². The zero-order valence-corrected chi connectivity index (χ0v) is 22.9. The van der Waals surface area contributed by atoms with Gasteiger partial charge in [0.25, 0.3) is 11.5 Å². The van der Waals surface area contributed by atoms with Gasteiger partial charge < -0.3 is 5.32 Å². The van der Waals surface area contributed by atoms with Gasteiger partial charge >= 0.3 is 0 Å². The lowest BCUT2D eigenvalue weighted by atomic mass is 9.86. The molecule has 200 valence electrons. The maximum atomic E-state index is 13.2. The summed E-state index contributed by atoms with van der Waals surface area (Å²) in [6, 6.07) is 15.4. The zero-order chi connectivity index (χ0) is 26.9. The molecule has 1 fully saturated rings. The second kappa shape index (κ2) is 10.9. The molecule has 2 aliphatic rings. The molecule has 0 bridgehead atoms. The molecule has 1 atom stereocenters. The van der Waals surface area contributed by atoms with Gasteiger partial charge in [-0.05, 0) is 87.0 Å². The minimum Gasteiger partial charge on any atom is -0.345 e. The Morgan fingerprint density at radius 1 is 1.08 bits per heavy atom. The SMILES string of the molecule is Cc1nn(-c2ccc(C(=O)NC3CCCc4cc(CN5CCCCC5)ccc43)cn2)c(=O)c2c(Cl)cccc12. The van der Waals surface area contributed by atoms with Gasteiger partial charge in [0.15, 0.2) is 5.82 Å². The number of aromatic nitrogens is 3. The van der Waals surface area contributed by atoms with Crippen LogP contribution in [0.15, 0.2) is 59.5 Å². The van der Waals surface area contributed by atoms with Crippen LogP contribution in [0, 0.1) is 6.92 Å². The molecule has 1 N–H and O–H groups in total. The molecule has 0 radical (unpaired) electrons. The fourth-order valence-electron chi connectivity index (χ4n) is 5.93. The average molecular weight is 542 g/mol. The Labute approximate surface area is 232 Å². The van der Waals surface area contributed by atoms with Crippen LogP contribution in [0.4, 0.5) is 0 Å². The van der Waals surface area contributed by atoms with Crippen LogP contribution in [0.3, 0.4) is 0 Å². The summed E-state index contributed by atoms with van der Waals surface area (Å²) in [6.07, 6.45) is 8.41. The van der Waals surface area contributed by atoms with Crippen LogP contribution < -0.4 is 10.9 Å². The molecule has 0 spiro atoms. The van der Waals surface area contributed by atoms with E-state index in [9.17, 15) is 9.59 Å². The number of carbonyl (C=O) groups excluding carboxylic acids is 1. The lowest BCUT2D eigenvalue weighted by molar-refractivity contribution is 0.0932. The molecule has 7 nitrogen and oxygen atoms in total. The van der Waals surface area contributed by atoms with Crippen LogP contribution in [0.5, 0.6) is 0 Å². The summed E-state index contributed by atoms with van der Waals surface area (Å²) in [5, 5.41) is 9.14. The third-order valence-electron chi connectivity index (χ3n) is 7.97. The quantitative estimate of drug-likeness (QED) is 0.359. The summed E-state index contributed by atoms with van der Waals surface area (Å²) < 4.78 is 1.24. The molecule has 39 heavy (non-hydrogen) atoms. The normalized spacial score (nSPS) is 17.6. The van der Waals surface area contributed by atoms with Gasteiger partial charge in [-0.3, -0.25) is 14.5 Å². The molecule has 2 aromatic heterocycles. The molecule has 3 heterocycles. The fraction of sp³-hybridized carbons (Fsp3) is 0.355. The number of nitrogens with one attached hydrogen (secondary N) is 1. The lowest BCUT2D eigenvalue weighted by Gasteiger charge is -2.29. The van der Waals surface area contributed by atoms with Crippen LogP contribution in [0.1, 0.15) is 70.9 Å². The molecule has 8 heteroatoms. The van der Waals surface area contributed by atoms with Gasteiger partial charge in [-0.1, -0.05) is 48.4 Å². The van der Waals surface area contributed by atoms with Crippen molar-refractivity contribution in [3.8, 4) is 5.82 Å². The van der Waals surface area contributed by atoms with Crippen molar-refractivity contribution >= 4 is 28.3 Å². The van der Waals surface area contributed by atoms with Crippen LogP contribution in [0.25, 0.3) is 16.6 Å². The highest BCUT2D eigenvalue weighted by Crippen LogP contribution is 2.31. The number of likely N-dealkylation sites (tertiary alicyclic amines) is 1. The highest BCUT2D eigenvalue weighted by molar-refractivity contribution is 6.35. The Bertz CT molecular complexity index is 1590. The zero-order valence-electron chi connectivity index (χ0n) is 22.1. The number of nitrogens with zero attached hydrogens (tertiary/aromatic N) is 4. The minimum atomic E-state index is -0.343. The summed E-state index contributed by atoms with van der Waals surface area (Å²) in [5.74, 6) is 0.160. The third-order valence-corrected chi connectivity index (χ3v) is 8.28. The molecular weight excluding hydrogens is 510 g/mol. The summed E-state index contributed by atoms with van der Waals surface area (Å²) in [7, 11) is 0. The van der Waals surface area contributed by atoms with Crippen molar-refractivity contribution in [2.75, 3.05) is 13.1 Å². The number of halogens is 1. The molecule has 4 aromatic rings. The Hall–Kier alpha value is -3.55. The maximum Gasteiger partial charge on any atom is 0.282 e. The Balaban J connectivity index is 1.19.